The van der Waals surface area contributed by atoms with Crippen molar-refractivity contribution in [2.24, 2.45) is 0 Å². The van der Waals surface area contributed by atoms with Crippen LogP contribution in [-0.2, 0) is 4.79 Å². The third-order valence-electron chi connectivity index (χ3n) is 4.92. The zero-order chi connectivity index (χ0) is 18.0. The highest BCUT2D eigenvalue weighted by Crippen LogP contribution is 2.21. The van der Waals surface area contributed by atoms with Gasteiger partial charge < -0.3 is 15.0 Å². The van der Waals surface area contributed by atoms with Crippen molar-refractivity contribution in [1.29, 1.82) is 0 Å². The Hall–Kier alpha value is -2.33. The maximum absolute atomic E-state index is 11.9. The Morgan fingerprint density at radius 1 is 0.923 bits per heavy atom. The first-order valence-corrected chi connectivity index (χ1v) is 9.70. The van der Waals surface area contributed by atoms with Crippen LogP contribution in [0.1, 0.15) is 25.7 Å². The maximum atomic E-state index is 11.9. The molecule has 0 radical (unpaired) electrons. The summed E-state index contributed by atoms with van der Waals surface area (Å²) in [4.78, 5) is 13.6. The number of nitrogens with one attached hydrogen (secondary N) is 2. The van der Waals surface area contributed by atoms with E-state index in [9.17, 15) is 4.79 Å². The summed E-state index contributed by atoms with van der Waals surface area (Å²) in [5, 5.41) is 2.95. The average molecular weight is 353 g/mol. The molecule has 0 spiro atoms. The molecule has 0 aliphatic carbocycles. The minimum atomic E-state index is -0.0502. The second kappa shape index (κ2) is 9.97. The summed E-state index contributed by atoms with van der Waals surface area (Å²) in [5.41, 5.74) is 2.32. The lowest BCUT2D eigenvalue weighted by atomic mass is 10.1. The van der Waals surface area contributed by atoms with Crippen molar-refractivity contribution in [1.82, 2.24) is 5.32 Å². The molecule has 4 nitrogen and oxygen atoms in total. The van der Waals surface area contributed by atoms with Gasteiger partial charge >= 0.3 is 0 Å². The zero-order valence-electron chi connectivity index (χ0n) is 15.4. The molecule has 2 aromatic rings. The fraction of sp³-hybridized carbons (Fsp3) is 0.409. The van der Waals surface area contributed by atoms with Crippen molar-refractivity contribution < 1.29 is 14.4 Å². The molecule has 1 amide bonds. The van der Waals surface area contributed by atoms with E-state index in [1.165, 1.54) is 37.9 Å². The van der Waals surface area contributed by atoms with Gasteiger partial charge in [0, 0.05) is 13.0 Å². The zero-order valence-corrected chi connectivity index (χ0v) is 15.4. The van der Waals surface area contributed by atoms with Gasteiger partial charge in [0.1, 0.15) is 5.75 Å². The fourth-order valence-corrected chi connectivity index (χ4v) is 3.44. The topological polar surface area (TPSA) is 42.8 Å². The van der Waals surface area contributed by atoms with Crippen LogP contribution in [0, 0.1) is 0 Å². The standard InChI is InChI=1S/C22H28N2O2/c25-22(23-14-7-17-24-15-5-2-6-16-24)18-26-21-12-10-20(11-13-21)19-8-3-1-4-9-19/h1,3-4,8-13H,2,5-7,14-18H2,(H,23,25)/p+1. The second-order valence-corrected chi connectivity index (χ2v) is 6.94. The molecule has 1 fully saturated rings. The van der Waals surface area contributed by atoms with Crippen molar-refractivity contribution in [2.75, 3.05) is 32.8 Å². The molecule has 138 valence electrons. The first kappa shape index (κ1) is 18.5. The van der Waals surface area contributed by atoms with E-state index in [-0.39, 0.29) is 12.5 Å². The third kappa shape index (κ3) is 5.88. The van der Waals surface area contributed by atoms with Crippen LogP contribution in [0.25, 0.3) is 11.1 Å². The monoisotopic (exact) mass is 353 g/mol. The molecule has 0 bridgehead atoms. The predicted molar refractivity (Wildman–Crippen MR) is 104 cm³/mol. The lowest BCUT2D eigenvalue weighted by Gasteiger charge is -2.23. The summed E-state index contributed by atoms with van der Waals surface area (Å²) in [6.07, 6.45) is 5.11. The lowest BCUT2D eigenvalue weighted by molar-refractivity contribution is -0.904. The SMILES string of the molecule is O=C(COc1ccc(-c2ccccc2)cc1)NCCC[NH+]1CCCCC1. The molecule has 0 aromatic heterocycles. The van der Waals surface area contributed by atoms with E-state index in [1.54, 1.807) is 4.90 Å². The molecule has 2 aromatic carbocycles. The highest BCUT2D eigenvalue weighted by Gasteiger charge is 2.12. The van der Waals surface area contributed by atoms with Crippen LogP contribution in [0.15, 0.2) is 54.6 Å². The van der Waals surface area contributed by atoms with Crippen molar-refractivity contribution in [3.8, 4) is 16.9 Å². The Morgan fingerprint density at radius 3 is 2.35 bits per heavy atom. The molecule has 1 aliphatic rings. The Labute approximate surface area is 156 Å². The molecule has 26 heavy (non-hydrogen) atoms. The fourth-order valence-electron chi connectivity index (χ4n) is 3.44. The maximum Gasteiger partial charge on any atom is 0.257 e. The molecule has 3 rings (SSSR count). The molecule has 1 aliphatic heterocycles. The van der Waals surface area contributed by atoms with Crippen molar-refractivity contribution in [2.45, 2.75) is 25.7 Å². The van der Waals surface area contributed by atoms with Crippen LogP contribution in [0.3, 0.4) is 0 Å². The minimum absolute atomic E-state index is 0.0502. The summed E-state index contributed by atoms with van der Waals surface area (Å²) < 4.78 is 5.59. The van der Waals surface area contributed by atoms with Gasteiger partial charge in [-0.15, -0.1) is 0 Å². The van der Waals surface area contributed by atoms with Crippen molar-refractivity contribution in [3.05, 3.63) is 54.6 Å². The van der Waals surface area contributed by atoms with Crippen LogP contribution in [-0.4, -0.2) is 38.7 Å². The summed E-state index contributed by atoms with van der Waals surface area (Å²) in [5.74, 6) is 0.670. The number of amides is 1. The Balaban J connectivity index is 1.33. The van der Waals surface area contributed by atoms with Crippen LogP contribution in [0.2, 0.25) is 0 Å². The normalized spacial score (nSPS) is 14.8. The number of quaternary nitrogens is 1. The first-order valence-electron chi connectivity index (χ1n) is 9.70. The third-order valence-corrected chi connectivity index (χ3v) is 4.92. The molecular formula is C22H29N2O2+. The Kier molecular flexibility index (Phi) is 7.08. The van der Waals surface area contributed by atoms with Crippen molar-refractivity contribution in [3.63, 3.8) is 0 Å². The number of carbonyl (C=O) groups excluding carboxylic acids is 1. The van der Waals surface area contributed by atoms with Gasteiger partial charge in [0.2, 0.25) is 0 Å². The molecule has 0 atom stereocenters. The number of piperidine rings is 1. The Morgan fingerprint density at radius 2 is 1.62 bits per heavy atom. The first-order chi connectivity index (χ1) is 12.8. The van der Waals surface area contributed by atoms with Crippen LogP contribution >= 0.6 is 0 Å². The molecular weight excluding hydrogens is 324 g/mol. The van der Waals surface area contributed by atoms with Gasteiger partial charge in [0.25, 0.3) is 5.91 Å². The van der Waals surface area contributed by atoms with Gasteiger partial charge in [-0.3, -0.25) is 4.79 Å². The quantitative estimate of drug-likeness (QED) is 0.715. The number of rotatable bonds is 8. The lowest BCUT2D eigenvalue weighted by Crippen LogP contribution is -3.12. The van der Waals surface area contributed by atoms with Gasteiger partial charge in [-0.25, -0.2) is 0 Å². The van der Waals surface area contributed by atoms with Gasteiger partial charge in [0.05, 0.1) is 19.6 Å². The van der Waals surface area contributed by atoms with E-state index in [0.717, 1.165) is 30.8 Å². The molecule has 1 heterocycles. The van der Waals surface area contributed by atoms with E-state index < -0.39 is 0 Å². The van der Waals surface area contributed by atoms with E-state index in [2.05, 4.69) is 17.4 Å². The van der Waals surface area contributed by atoms with E-state index >= 15 is 0 Å². The summed E-state index contributed by atoms with van der Waals surface area (Å²) >= 11 is 0. The molecule has 4 heteroatoms. The van der Waals surface area contributed by atoms with Gasteiger partial charge in [-0.1, -0.05) is 42.5 Å². The average Bonchev–Trinajstić information content (AvgIpc) is 2.71. The molecule has 0 unspecified atom stereocenters. The van der Waals surface area contributed by atoms with E-state index in [4.69, 9.17) is 4.74 Å². The number of hydrogen-bond donors (Lipinski definition) is 2. The molecule has 0 saturated carbocycles. The van der Waals surface area contributed by atoms with Crippen LogP contribution in [0.4, 0.5) is 0 Å². The molecule has 1 saturated heterocycles. The number of likely N-dealkylation sites (tertiary alicyclic amines) is 1. The van der Waals surface area contributed by atoms with E-state index in [0.29, 0.717) is 0 Å². The highest BCUT2D eigenvalue weighted by molar-refractivity contribution is 5.77. The predicted octanol–water partition coefficient (Wildman–Crippen LogP) is 2.31. The summed E-state index contributed by atoms with van der Waals surface area (Å²) in [7, 11) is 0. The van der Waals surface area contributed by atoms with Gasteiger partial charge in [0.15, 0.2) is 6.61 Å². The van der Waals surface area contributed by atoms with Crippen molar-refractivity contribution >= 4 is 5.91 Å². The van der Waals surface area contributed by atoms with E-state index in [1.807, 2.05) is 42.5 Å². The molecule has 2 N–H and O–H groups in total. The second-order valence-electron chi connectivity index (χ2n) is 6.94. The number of benzene rings is 2. The van der Waals surface area contributed by atoms with Gasteiger partial charge in [-0.05, 0) is 42.5 Å². The van der Waals surface area contributed by atoms with Crippen LogP contribution in [0.5, 0.6) is 5.75 Å². The smallest absolute Gasteiger partial charge is 0.257 e. The highest BCUT2D eigenvalue weighted by atomic mass is 16.5. The van der Waals surface area contributed by atoms with Gasteiger partial charge in [-0.2, -0.15) is 0 Å². The van der Waals surface area contributed by atoms with Crippen LogP contribution < -0.4 is 15.0 Å². The summed E-state index contributed by atoms with van der Waals surface area (Å²) in [6, 6.07) is 18.1. The largest absolute Gasteiger partial charge is 0.484 e. The minimum Gasteiger partial charge on any atom is -0.484 e. The Bertz CT molecular complexity index is 664. The number of hydrogen-bond acceptors (Lipinski definition) is 2. The number of carbonyl (C=O) groups is 1. The summed E-state index contributed by atoms with van der Waals surface area (Å²) in [6.45, 7) is 4.54. The number of ether oxygens (including phenoxy) is 1.